The Kier molecular flexibility index (Phi) is 8.63. The lowest BCUT2D eigenvalue weighted by atomic mass is 10.2. The van der Waals surface area contributed by atoms with Crippen LogP contribution < -0.4 is 10.2 Å². The van der Waals surface area contributed by atoms with Crippen LogP contribution in [-0.4, -0.2) is 24.5 Å². The van der Waals surface area contributed by atoms with Crippen LogP contribution in [0.1, 0.15) is 30.9 Å². The number of ether oxygens (including phenoxy) is 1. The molecule has 0 radical (unpaired) electrons. The topological polar surface area (TPSA) is 50.7 Å². The minimum atomic E-state index is -0.100. The van der Waals surface area contributed by atoms with Gasteiger partial charge in [-0.3, -0.25) is 4.79 Å². The molecule has 0 fully saturated rings. The van der Waals surface area contributed by atoms with Crippen molar-refractivity contribution in [1.82, 2.24) is 5.43 Å². The first kappa shape index (κ1) is 19.1. The molecule has 2 rings (SSSR count). The number of hydrogen-bond donors (Lipinski definition) is 1. The Morgan fingerprint density at radius 1 is 1.16 bits per heavy atom. The molecule has 0 aliphatic rings. The third-order valence-corrected chi connectivity index (χ3v) is 4.40. The van der Waals surface area contributed by atoms with Crippen LogP contribution in [0.4, 0.5) is 0 Å². The number of carbonyl (C=O) groups is 1. The van der Waals surface area contributed by atoms with Crippen LogP contribution in [-0.2, 0) is 10.5 Å². The lowest BCUT2D eigenvalue weighted by Gasteiger charge is -2.05. The lowest BCUT2D eigenvalue weighted by Crippen LogP contribution is -2.19. The number of unbranched alkanes of at least 4 members (excludes halogenated alkanes) is 1. The predicted molar refractivity (Wildman–Crippen MR) is 105 cm³/mol. The molecule has 0 aliphatic heterocycles. The van der Waals surface area contributed by atoms with Gasteiger partial charge in [-0.15, -0.1) is 11.8 Å². The number of nitrogens with zero attached hydrogens (tertiary/aromatic N) is 1. The summed E-state index contributed by atoms with van der Waals surface area (Å²) in [6.07, 6.45) is 3.81. The Labute approximate surface area is 153 Å². The Morgan fingerprint density at radius 2 is 1.92 bits per heavy atom. The van der Waals surface area contributed by atoms with Gasteiger partial charge in [0, 0.05) is 5.75 Å². The number of rotatable bonds is 10. The van der Waals surface area contributed by atoms with E-state index in [2.05, 4.69) is 29.6 Å². The van der Waals surface area contributed by atoms with Gasteiger partial charge in [-0.1, -0.05) is 43.7 Å². The Morgan fingerprint density at radius 3 is 2.64 bits per heavy atom. The van der Waals surface area contributed by atoms with E-state index in [4.69, 9.17) is 4.74 Å². The van der Waals surface area contributed by atoms with Crippen molar-refractivity contribution in [3.05, 3.63) is 65.7 Å². The maximum absolute atomic E-state index is 11.8. The van der Waals surface area contributed by atoms with E-state index in [-0.39, 0.29) is 5.91 Å². The van der Waals surface area contributed by atoms with E-state index in [1.165, 1.54) is 5.56 Å². The molecular formula is C20H24N2O2S. The minimum Gasteiger partial charge on any atom is -0.494 e. The molecule has 0 spiro atoms. The van der Waals surface area contributed by atoms with Crippen molar-refractivity contribution in [3.63, 3.8) is 0 Å². The average Bonchev–Trinajstić information content (AvgIpc) is 2.64. The fraction of sp³-hybridized carbons (Fsp3) is 0.300. The standard InChI is InChI=1S/C20H24N2O2S/c1-2-3-13-24-19-11-9-17(10-12-19)14-21-22-20(23)16-25-15-18-7-5-4-6-8-18/h4-12,14H,2-3,13,15-16H2,1H3,(H,22,23)/b21-14-. The Balaban J connectivity index is 1.66. The van der Waals surface area contributed by atoms with E-state index < -0.39 is 0 Å². The highest BCUT2D eigenvalue weighted by atomic mass is 32.2. The van der Waals surface area contributed by atoms with Gasteiger partial charge in [0.15, 0.2) is 0 Å². The lowest BCUT2D eigenvalue weighted by molar-refractivity contribution is -0.118. The van der Waals surface area contributed by atoms with Gasteiger partial charge in [0.1, 0.15) is 5.75 Å². The zero-order chi connectivity index (χ0) is 17.7. The SMILES string of the molecule is CCCCOc1ccc(/C=N\NC(=O)CSCc2ccccc2)cc1. The molecular weight excluding hydrogens is 332 g/mol. The van der Waals surface area contributed by atoms with Crippen molar-refractivity contribution in [2.24, 2.45) is 5.10 Å². The molecule has 25 heavy (non-hydrogen) atoms. The van der Waals surface area contributed by atoms with Crippen molar-refractivity contribution in [3.8, 4) is 5.75 Å². The van der Waals surface area contributed by atoms with Crippen molar-refractivity contribution in [2.75, 3.05) is 12.4 Å². The summed E-state index contributed by atoms with van der Waals surface area (Å²) in [5.74, 6) is 1.96. The van der Waals surface area contributed by atoms with Crippen molar-refractivity contribution < 1.29 is 9.53 Å². The van der Waals surface area contributed by atoms with Gasteiger partial charge >= 0.3 is 0 Å². The van der Waals surface area contributed by atoms with Crippen LogP contribution in [0, 0.1) is 0 Å². The maximum atomic E-state index is 11.8. The fourth-order valence-electron chi connectivity index (χ4n) is 2.03. The van der Waals surface area contributed by atoms with Gasteiger partial charge in [0.2, 0.25) is 5.91 Å². The van der Waals surface area contributed by atoms with Gasteiger partial charge in [-0.05, 0) is 41.8 Å². The number of carbonyl (C=O) groups excluding carboxylic acids is 1. The molecule has 5 heteroatoms. The second kappa shape index (κ2) is 11.3. The third kappa shape index (κ3) is 7.90. The molecule has 0 aliphatic carbocycles. The summed E-state index contributed by atoms with van der Waals surface area (Å²) in [5.41, 5.74) is 4.68. The summed E-state index contributed by atoms with van der Waals surface area (Å²) >= 11 is 1.57. The van der Waals surface area contributed by atoms with E-state index in [9.17, 15) is 4.79 Å². The third-order valence-electron chi connectivity index (χ3n) is 3.39. The van der Waals surface area contributed by atoms with E-state index in [0.29, 0.717) is 5.75 Å². The molecule has 1 amide bonds. The first-order chi connectivity index (χ1) is 12.3. The molecule has 0 saturated heterocycles. The predicted octanol–water partition coefficient (Wildman–Crippen LogP) is 4.25. The summed E-state index contributed by atoms with van der Waals surface area (Å²) in [5, 5.41) is 3.99. The van der Waals surface area contributed by atoms with E-state index in [1.807, 2.05) is 42.5 Å². The molecule has 0 saturated carbocycles. The fourth-order valence-corrected chi connectivity index (χ4v) is 2.81. The first-order valence-electron chi connectivity index (χ1n) is 8.44. The molecule has 0 bridgehead atoms. The molecule has 0 aromatic heterocycles. The van der Waals surface area contributed by atoms with Gasteiger partial charge in [0.25, 0.3) is 0 Å². The van der Waals surface area contributed by atoms with E-state index in [1.54, 1.807) is 18.0 Å². The van der Waals surface area contributed by atoms with Gasteiger partial charge in [-0.2, -0.15) is 5.10 Å². The zero-order valence-electron chi connectivity index (χ0n) is 14.5. The van der Waals surface area contributed by atoms with Crippen LogP contribution in [0.3, 0.4) is 0 Å². The van der Waals surface area contributed by atoms with Crippen LogP contribution in [0.5, 0.6) is 5.75 Å². The molecule has 2 aromatic carbocycles. The number of hydrogen-bond acceptors (Lipinski definition) is 4. The second-order valence-electron chi connectivity index (χ2n) is 5.54. The molecule has 0 heterocycles. The zero-order valence-corrected chi connectivity index (χ0v) is 15.3. The molecule has 0 unspecified atom stereocenters. The normalized spacial score (nSPS) is 10.8. The number of nitrogens with one attached hydrogen (secondary N) is 1. The summed E-state index contributed by atoms with van der Waals surface area (Å²) < 4.78 is 5.61. The Bertz CT molecular complexity index is 657. The van der Waals surface area contributed by atoms with Crippen LogP contribution in [0.15, 0.2) is 59.7 Å². The summed E-state index contributed by atoms with van der Waals surface area (Å²) in [6.45, 7) is 2.87. The number of hydrazone groups is 1. The molecule has 0 atom stereocenters. The second-order valence-corrected chi connectivity index (χ2v) is 6.53. The summed E-state index contributed by atoms with van der Waals surface area (Å²) in [7, 11) is 0. The van der Waals surface area contributed by atoms with Crippen molar-refractivity contribution in [1.29, 1.82) is 0 Å². The largest absolute Gasteiger partial charge is 0.494 e. The minimum absolute atomic E-state index is 0.100. The number of thioether (sulfide) groups is 1. The monoisotopic (exact) mass is 356 g/mol. The number of amides is 1. The van der Waals surface area contributed by atoms with Crippen LogP contribution >= 0.6 is 11.8 Å². The highest BCUT2D eigenvalue weighted by molar-refractivity contribution is 7.99. The molecule has 2 aromatic rings. The quantitative estimate of drug-likeness (QED) is 0.393. The van der Waals surface area contributed by atoms with Crippen molar-refractivity contribution in [2.45, 2.75) is 25.5 Å². The van der Waals surface area contributed by atoms with E-state index >= 15 is 0 Å². The van der Waals surface area contributed by atoms with Gasteiger partial charge in [-0.25, -0.2) is 5.43 Å². The smallest absolute Gasteiger partial charge is 0.250 e. The van der Waals surface area contributed by atoms with Gasteiger partial charge < -0.3 is 4.74 Å². The molecule has 1 N–H and O–H groups in total. The van der Waals surface area contributed by atoms with Gasteiger partial charge in [0.05, 0.1) is 18.6 Å². The number of benzene rings is 2. The van der Waals surface area contributed by atoms with Crippen LogP contribution in [0.2, 0.25) is 0 Å². The van der Waals surface area contributed by atoms with E-state index in [0.717, 1.165) is 36.5 Å². The highest BCUT2D eigenvalue weighted by Gasteiger charge is 2.00. The highest BCUT2D eigenvalue weighted by Crippen LogP contribution is 2.12. The average molecular weight is 356 g/mol. The van der Waals surface area contributed by atoms with Crippen LogP contribution in [0.25, 0.3) is 0 Å². The van der Waals surface area contributed by atoms with Crippen molar-refractivity contribution >= 4 is 23.9 Å². The summed E-state index contributed by atoms with van der Waals surface area (Å²) in [6, 6.07) is 17.8. The molecule has 4 nitrogen and oxygen atoms in total. The maximum Gasteiger partial charge on any atom is 0.250 e. The Hall–Kier alpha value is -2.27. The summed E-state index contributed by atoms with van der Waals surface area (Å²) in [4.78, 5) is 11.8. The molecule has 132 valence electrons. The first-order valence-corrected chi connectivity index (χ1v) is 9.60.